The van der Waals surface area contributed by atoms with E-state index < -0.39 is 0 Å². The van der Waals surface area contributed by atoms with Gasteiger partial charge in [0.2, 0.25) is 0 Å². The zero-order chi connectivity index (χ0) is 15.7. The third-order valence-corrected chi connectivity index (χ3v) is 5.37. The van der Waals surface area contributed by atoms with Gasteiger partial charge in [-0.15, -0.1) is 5.10 Å². The molecule has 23 heavy (non-hydrogen) atoms. The Morgan fingerprint density at radius 1 is 1.09 bits per heavy atom. The molecule has 2 aliphatic rings. The van der Waals surface area contributed by atoms with Crippen LogP contribution >= 0.6 is 0 Å². The summed E-state index contributed by atoms with van der Waals surface area (Å²) in [5, 5.41) is 18.6. The topological polar surface area (TPSA) is 54.2 Å². The normalized spacial score (nSPS) is 21.4. The predicted octanol–water partition coefficient (Wildman–Crippen LogP) is 2.06. The van der Waals surface area contributed by atoms with Gasteiger partial charge in [0, 0.05) is 6.54 Å². The van der Waals surface area contributed by atoms with Gasteiger partial charge < -0.3 is 5.11 Å². The van der Waals surface area contributed by atoms with E-state index in [1.807, 2.05) is 16.9 Å². The first-order valence-corrected chi connectivity index (χ1v) is 8.59. The minimum atomic E-state index is -0.317. The van der Waals surface area contributed by atoms with Crippen molar-refractivity contribution in [3.8, 4) is 0 Å². The zero-order valence-electron chi connectivity index (χ0n) is 13.4. The standard InChI is InChI=1S/C18H24N4O/c23-18(8-9-18)16-6-10-21(11-7-16)14-17-12-19-20-22(17)13-15-4-2-1-3-5-15/h1-5,12,16,23H,6-11,13-14H2. The van der Waals surface area contributed by atoms with Gasteiger partial charge >= 0.3 is 0 Å². The number of rotatable bonds is 5. The lowest BCUT2D eigenvalue weighted by Gasteiger charge is -2.34. The highest BCUT2D eigenvalue weighted by atomic mass is 16.3. The molecule has 0 amide bonds. The molecule has 0 atom stereocenters. The van der Waals surface area contributed by atoms with E-state index >= 15 is 0 Å². The Hall–Kier alpha value is -1.72. The number of benzene rings is 1. The van der Waals surface area contributed by atoms with Crippen LogP contribution in [0.1, 0.15) is 36.9 Å². The van der Waals surface area contributed by atoms with Gasteiger partial charge in [-0.3, -0.25) is 4.90 Å². The van der Waals surface area contributed by atoms with Gasteiger partial charge in [-0.05, 0) is 50.3 Å². The molecule has 1 aliphatic heterocycles. The van der Waals surface area contributed by atoms with Crippen molar-refractivity contribution >= 4 is 0 Å². The summed E-state index contributed by atoms with van der Waals surface area (Å²) in [4.78, 5) is 2.46. The Balaban J connectivity index is 1.36. The Labute approximate surface area is 136 Å². The number of likely N-dealkylation sites (tertiary alicyclic amines) is 1. The van der Waals surface area contributed by atoms with Gasteiger partial charge in [0.05, 0.1) is 24.0 Å². The van der Waals surface area contributed by atoms with E-state index in [9.17, 15) is 5.11 Å². The van der Waals surface area contributed by atoms with Crippen molar-refractivity contribution in [2.45, 2.75) is 44.4 Å². The number of aromatic nitrogens is 3. The Bertz CT molecular complexity index is 642. The highest BCUT2D eigenvalue weighted by Crippen LogP contribution is 2.46. The third-order valence-electron chi connectivity index (χ3n) is 5.37. The molecule has 122 valence electrons. The first kappa shape index (κ1) is 14.8. The van der Waals surface area contributed by atoms with Crippen LogP contribution in [-0.2, 0) is 13.1 Å². The number of hydrogen-bond acceptors (Lipinski definition) is 4. The lowest BCUT2D eigenvalue weighted by molar-refractivity contribution is 0.0370. The van der Waals surface area contributed by atoms with Gasteiger partial charge in [-0.1, -0.05) is 35.5 Å². The maximum absolute atomic E-state index is 10.3. The first-order chi connectivity index (χ1) is 11.2. The Morgan fingerprint density at radius 3 is 2.52 bits per heavy atom. The van der Waals surface area contributed by atoms with Crippen LogP contribution in [0.3, 0.4) is 0 Å². The maximum atomic E-state index is 10.3. The molecule has 5 heteroatoms. The van der Waals surface area contributed by atoms with E-state index in [4.69, 9.17) is 0 Å². The molecule has 1 aromatic heterocycles. The molecule has 1 saturated carbocycles. The van der Waals surface area contributed by atoms with Crippen LogP contribution in [0.25, 0.3) is 0 Å². The molecule has 0 radical (unpaired) electrons. The summed E-state index contributed by atoms with van der Waals surface area (Å²) < 4.78 is 2.00. The smallest absolute Gasteiger partial charge is 0.0738 e. The largest absolute Gasteiger partial charge is 0.390 e. The van der Waals surface area contributed by atoms with Gasteiger partial charge in [0.1, 0.15) is 0 Å². The van der Waals surface area contributed by atoms with Crippen LogP contribution in [0, 0.1) is 5.92 Å². The van der Waals surface area contributed by atoms with Crippen LogP contribution in [0.2, 0.25) is 0 Å². The molecule has 0 unspecified atom stereocenters. The number of hydrogen-bond donors (Lipinski definition) is 1. The minimum Gasteiger partial charge on any atom is -0.390 e. The highest BCUT2D eigenvalue weighted by molar-refractivity contribution is 5.15. The molecule has 4 rings (SSSR count). The minimum absolute atomic E-state index is 0.317. The van der Waals surface area contributed by atoms with E-state index in [1.165, 1.54) is 5.56 Å². The van der Waals surface area contributed by atoms with E-state index in [2.05, 4.69) is 39.5 Å². The van der Waals surface area contributed by atoms with Crippen molar-refractivity contribution in [2.75, 3.05) is 13.1 Å². The average Bonchev–Trinajstić information content (AvgIpc) is 3.19. The molecule has 2 heterocycles. The highest BCUT2D eigenvalue weighted by Gasteiger charge is 2.48. The van der Waals surface area contributed by atoms with Crippen LogP contribution in [0.15, 0.2) is 36.5 Å². The van der Waals surface area contributed by atoms with Crippen molar-refractivity contribution < 1.29 is 5.11 Å². The summed E-state index contributed by atoms with van der Waals surface area (Å²) >= 11 is 0. The van der Waals surface area contributed by atoms with E-state index in [0.717, 1.165) is 57.6 Å². The quantitative estimate of drug-likeness (QED) is 0.918. The fraction of sp³-hybridized carbons (Fsp3) is 0.556. The summed E-state index contributed by atoms with van der Waals surface area (Å²) in [6.07, 6.45) is 6.10. The Morgan fingerprint density at radius 2 is 1.83 bits per heavy atom. The second-order valence-electron chi connectivity index (χ2n) is 7.02. The SMILES string of the molecule is OC1(C2CCN(Cc3cnnn3Cc3ccccc3)CC2)CC1. The van der Waals surface area contributed by atoms with Gasteiger partial charge in [-0.2, -0.15) is 0 Å². The first-order valence-electron chi connectivity index (χ1n) is 8.59. The van der Waals surface area contributed by atoms with Crippen LogP contribution in [0.5, 0.6) is 0 Å². The van der Waals surface area contributed by atoms with Gasteiger partial charge in [-0.25, -0.2) is 4.68 Å². The molecule has 2 aromatic rings. The maximum Gasteiger partial charge on any atom is 0.0738 e. The molecular weight excluding hydrogens is 288 g/mol. The van der Waals surface area contributed by atoms with Gasteiger partial charge in [0.25, 0.3) is 0 Å². The van der Waals surface area contributed by atoms with Gasteiger partial charge in [0.15, 0.2) is 0 Å². The summed E-state index contributed by atoms with van der Waals surface area (Å²) in [6, 6.07) is 10.4. The van der Waals surface area contributed by atoms with Crippen molar-refractivity contribution in [2.24, 2.45) is 5.92 Å². The average molecular weight is 312 g/mol. The number of aliphatic hydroxyl groups is 1. The van der Waals surface area contributed by atoms with E-state index in [0.29, 0.717) is 5.92 Å². The van der Waals surface area contributed by atoms with Crippen LogP contribution in [-0.4, -0.2) is 43.7 Å². The lowest BCUT2D eigenvalue weighted by atomic mass is 9.89. The molecule has 2 fully saturated rings. The molecule has 5 nitrogen and oxygen atoms in total. The van der Waals surface area contributed by atoms with Crippen molar-refractivity contribution in [3.63, 3.8) is 0 Å². The molecule has 1 N–H and O–H groups in total. The summed E-state index contributed by atoms with van der Waals surface area (Å²) in [5.74, 6) is 0.506. The van der Waals surface area contributed by atoms with Crippen LogP contribution in [0.4, 0.5) is 0 Å². The number of piperidine rings is 1. The molecular formula is C18H24N4O. The van der Waals surface area contributed by atoms with E-state index in [1.54, 1.807) is 0 Å². The summed E-state index contributed by atoms with van der Waals surface area (Å²) in [7, 11) is 0. The van der Waals surface area contributed by atoms with Crippen molar-refractivity contribution in [1.82, 2.24) is 19.9 Å². The molecule has 0 bridgehead atoms. The Kier molecular flexibility index (Phi) is 3.91. The molecule has 1 aromatic carbocycles. The third kappa shape index (κ3) is 3.31. The second-order valence-corrected chi connectivity index (χ2v) is 7.02. The van der Waals surface area contributed by atoms with Crippen molar-refractivity contribution in [1.29, 1.82) is 0 Å². The summed E-state index contributed by atoms with van der Waals surface area (Å²) in [6.45, 7) is 3.78. The van der Waals surface area contributed by atoms with Crippen molar-refractivity contribution in [3.05, 3.63) is 47.8 Å². The molecule has 1 aliphatic carbocycles. The summed E-state index contributed by atoms with van der Waals surface area (Å²) in [5.41, 5.74) is 2.09. The second kappa shape index (κ2) is 6.06. The number of nitrogens with zero attached hydrogens (tertiary/aromatic N) is 4. The molecule has 0 spiro atoms. The monoisotopic (exact) mass is 312 g/mol. The van der Waals surface area contributed by atoms with E-state index in [-0.39, 0.29) is 5.60 Å². The zero-order valence-corrected chi connectivity index (χ0v) is 13.4. The predicted molar refractivity (Wildman–Crippen MR) is 87.8 cm³/mol. The molecule has 1 saturated heterocycles. The van der Waals surface area contributed by atoms with Crippen LogP contribution < -0.4 is 0 Å². The fourth-order valence-electron chi connectivity index (χ4n) is 3.68. The lowest BCUT2D eigenvalue weighted by Crippen LogP contribution is -2.38. The fourth-order valence-corrected chi connectivity index (χ4v) is 3.68.